The highest BCUT2D eigenvalue weighted by Gasteiger charge is 2.34. The van der Waals surface area contributed by atoms with E-state index in [-0.39, 0.29) is 17.9 Å². The van der Waals surface area contributed by atoms with E-state index in [2.05, 4.69) is 48.4 Å². The van der Waals surface area contributed by atoms with Gasteiger partial charge in [0, 0.05) is 52.2 Å². The second-order valence-electron chi connectivity index (χ2n) is 8.45. The molecule has 0 aliphatic carbocycles. The summed E-state index contributed by atoms with van der Waals surface area (Å²) in [6.07, 6.45) is 1.02. The Balaban J connectivity index is 1.17. The van der Waals surface area contributed by atoms with E-state index in [1.807, 2.05) is 6.07 Å². The minimum Gasteiger partial charge on any atom is -0.353 e. The maximum Gasteiger partial charge on any atom is 0.243 e. The molecule has 2 aromatic rings. The second kappa shape index (κ2) is 8.53. The van der Waals surface area contributed by atoms with Crippen LogP contribution in [0.3, 0.4) is 0 Å². The molecule has 3 aliphatic rings. The first-order chi connectivity index (χ1) is 15.0. The number of fused-ring (bicyclic) bond motifs is 1. The molecular weight excluding hydrogens is 416 g/mol. The highest BCUT2D eigenvalue weighted by atomic mass is 35.5. The Morgan fingerprint density at radius 2 is 1.81 bits per heavy atom. The number of benzene rings is 1. The predicted octanol–water partition coefficient (Wildman–Crippen LogP) is 1.57. The van der Waals surface area contributed by atoms with E-state index in [0.29, 0.717) is 18.0 Å². The van der Waals surface area contributed by atoms with Crippen molar-refractivity contribution in [2.45, 2.75) is 38.5 Å². The molecule has 0 bridgehead atoms. The van der Waals surface area contributed by atoms with Crippen molar-refractivity contribution in [1.82, 2.24) is 25.3 Å². The van der Waals surface area contributed by atoms with Crippen LogP contribution in [0.2, 0.25) is 5.15 Å². The third-order valence-electron chi connectivity index (χ3n) is 6.39. The van der Waals surface area contributed by atoms with Crippen LogP contribution in [0.5, 0.6) is 0 Å². The summed E-state index contributed by atoms with van der Waals surface area (Å²) in [6.45, 7) is 6.18. The van der Waals surface area contributed by atoms with Gasteiger partial charge in [0.25, 0.3) is 0 Å². The number of aromatic nitrogens is 2. The number of amides is 2. The number of hydrogen-bond donors (Lipinski definition) is 1. The van der Waals surface area contributed by atoms with E-state index in [1.165, 1.54) is 16.7 Å². The zero-order valence-corrected chi connectivity index (χ0v) is 18.0. The lowest BCUT2D eigenvalue weighted by atomic mass is 10.0. The first kappa shape index (κ1) is 20.4. The number of piperidine rings is 1. The van der Waals surface area contributed by atoms with Gasteiger partial charge >= 0.3 is 0 Å². The van der Waals surface area contributed by atoms with Crippen LogP contribution in [0.15, 0.2) is 30.3 Å². The fraction of sp³-hybridized carbons (Fsp3) is 0.455. The van der Waals surface area contributed by atoms with Crippen LogP contribution in [-0.4, -0.2) is 64.0 Å². The number of hydrogen-bond acceptors (Lipinski definition) is 7. The van der Waals surface area contributed by atoms with Gasteiger partial charge in [0.15, 0.2) is 11.0 Å². The monoisotopic (exact) mass is 440 g/mol. The standard InChI is InChI=1S/C22H25ClN6O2/c23-19-4-5-20(26-25-19)28-9-7-27(8-10-28)12-15-1-2-16-13-29(14-17(16)11-15)18-3-6-21(30)24-22(18)31/h1-2,4-5,11,18H,3,6-10,12-14H2,(H,24,30,31). The summed E-state index contributed by atoms with van der Waals surface area (Å²) >= 11 is 5.83. The van der Waals surface area contributed by atoms with Gasteiger partial charge in [-0.15, -0.1) is 10.2 Å². The molecule has 8 nitrogen and oxygen atoms in total. The Labute approximate surface area is 186 Å². The van der Waals surface area contributed by atoms with Gasteiger partial charge in [-0.2, -0.15) is 0 Å². The van der Waals surface area contributed by atoms with Gasteiger partial charge < -0.3 is 4.90 Å². The van der Waals surface area contributed by atoms with Crippen LogP contribution in [0.1, 0.15) is 29.5 Å². The van der Waals surface area contributed by atoms with Gasteiger partial charge in [-0.25, -0.2) is 0 Å². The number of rotatable bonds is 4. The minimum atomic E-state index is -0.211. The number of anilines is 1. The number of nitrogens with zero attached hydrogens (tertiary/aromatic N) is 5. The highest BCUT2D eigenvalue weighted by Crippen LogP contribution is 2.28. The summed E-state index contributed by atoms with van der Waals surface area (Å²) in [6, 6.07) is 10.1. The molecule has 1 aromatic carbocycles. The Morgan fingerprint density at radius 3 is 2.55 bits per heavy atom. The Hall–Kier alpha value is -2.55. The third-order valence-corrected chi connectivity index (χ3v) is 6.59. The molecule has 162 valence electrons. The molecule has 0 radical (unpaired) electrons. The first-order valence-electron chi connectivity index (χ1n) is 10.7. The highest BCUT2D eigenvalue weighted by molar-refractivity contribution is 6.29. The molecule has 5 rings (SSSR count). The van der Waals surface area contributed by atoms with Crippen molar-refractivity contribution in [3.05, 3.63) is 52.2 Å². The molecule has 1 N–H and O–H groups in total. The molecule has 9 heteroatoms. The molecule has 4 heterocycles. The lowest BCUT2D eigenvalue weighted by Crippen LogP contribution is -2.50. The van der Waals surface area contributed by atoms with Crippen LogP contribution < -0.4 is 10.2 Å². The normalized spacial score (nSPS) is 22.5. The van der Waals surface area contributed by atoms with Crippen LogP contribution in [0.25, 0.3) is 0 Å². The summed E-state index contributed by atoms with van der Waals surface area (Å²) < 4.78 is 0. The molecule has 1 aromatic heterocycles. The van der Waals surface area contributed by atoms with Crippen LogP contribution in [-0.2, 0) is 29.2 Å². The average Bonchev–Trinajstić information content (AvgIpc) is 3.18. The van der Waals surface area contributed by atoms with E-state index in [4.69, 9.17) is 11.6 Å². The molecule has 2 amide bonds. The van der Waals surface area contributed by atoms with Crippen molar-refractivity contribution in [3.8, 4) is 0 Å². The molecule has 1 unspecified atom stereocenters. The van der Waals surface area contributed by atoms with Gasteiger partial charge in [0.1, 0.15) is 0 Å². The van der Waals surface area contributed by atoms with Gasteiger partial charge in [0.2, 0.25) is 11.8 Å². The minimum absolute atomic E-state index is 0.160. The molecule has 2 fully saturated rings. The molecule has 0 saturated carbocycles. The number of nitrogens with one attached hydrogen (secondary N) is 1. The zero-order chi connectivity index (χ0) is 21.4. The van der Waals surface area contributed by atoms with E-state index in [1.54, 1.807) is 6.07 Å². The topological polar surface area (TPSA) is 81.7 Å². The molecule has 0 spiro atoms. The lowest BCUT2D eigenvalue weighted by molar-refractivity contribution is -0.137. The van der Waals surface area contributed by atoms with Crippen LogP contribution >= 0.6 is 11.6 Å². The average molecular weight is 441 g/mol. The number of carbonyl (C=O) groups is 2. The maximum atomic E-state index is 12.2. The Kier molecular flexibility index (Phi) is 5.60. The van der Waals surface area contributed by atoms with E-state index in [9.17, 15) is 9.59 Å². The van der Waals surface area contributed by atoms with Crippen molar-refractivity contribution in [2.75, 3.05) is 31.1 Å². The number of piperazine rings is 1. The summed E-state index contributed by atoms with van der Waals surface area (Å²) in [5.41, 5.74) is 3.86. The largest absolute Gasteiger partial charge is 0.353 e. The SMILES string of the molecule is O=C1CCC(N2Cc3ccc(CN4CCN(c5ccc(Cl)nn5)CC4)cc3C2)C(=O)N1. The van der Waals surface area contributed by atoms with E-state index in [0.717, 1.165) is 51.6 Å². The van der Waals surface area contributed by atoms with Crippen molar-refractivity contribution in [1.29, 1.82) is 0 Å². The Bertz CT molecular complexity index is 990. The van der Waals surface area contributed by atoms with Crippen molar-refractivity contribution >= 4 is 29.2 Å². The molecule has 1 atom stereocenters. The zero-order valence-electron chi connectivity index (χ0n) is 17.3. The fourth-order valence-electron chi connectivity index (χ4n) is 4.69. The first-order valence-corrected chi connectivity index (χ1v) is 11.1. The quantitative estimate of drug-likeness (QED) is 0.723. The van der Waals surface area contributed by atoms with Crippen LogP contribution in [0.4, 0.5) is 5.82 Å². The third kappa shape index (κ3) is 4.42. The fourth-order valence-corrected chi connectivity index (χ4v) is 4.80. The van der Waals surface area contributed by atoms with Gasteiger partial charge in [-0.3, -0.25) is 24.7 Å². The molecule has 2 saturated heterocycles. The van der Waals surface area contributed by atoms with E-state index >= 15 is 0 Å². The summed E-state index contributed by atoms with van der Waals surface area (Å²) in [5, 5.41) is 11.0. The maximum absolute atomic E-state index is 12.2. The number of imide groups is 1. The molecule has 3 aliphatic heterocycles. The smallest absolute Gasteiger partial charge is 0.243 e. The lowest BCUT2D eigenvalue weighted by Gasteiger charge is -2.35. The summed E-state index contributed by atoms with van der Waals surface area (Å²) in [4.78, 5) is 30.5. The number of halogens is 1. The van der Waals surface area contributed by atoms with Gasteiger partial charge in [0.05, 0.1) is 6.04 Å². The number of carbonyl (C=O) groups excluding carboxylic acids is 2. The van der Waals surface area contributed by atoms with Gasteiger partial charge in [-0.1, -0.05) is 29.8 Å². The molecular formula is C22H25ClN6O2. The van der Waals surface area contributed by atoms with E-state index < -0.39 is 0 Å². The van der Waals surface area contributed by atoms with Crippen LogP contribution in [0, 0.1) is 0 Å². The van der Waals surface area contributed by atoms with Crippen molar-refractivity contribution in [2.24, 2.45) is 0 Å². The summed E-state index contributed by atoms with van der Waals surface area (Å²) in [7, 11) is 0. The Morgan fingerprint density at radius 1 is 1.00 bits per heavy atom. The second-order valence-corrected chi connectivity index (χ2v) is 8.84. The van der Waals surface area contributed by atoms with Crippen molar-refractivity contribution in [3.63, 3.8) is 0 Å². The summed E-state index contributed by atoms with van der Waals surface area (Å²) in [5.74, 6) is 0.547. The predicted molar refractivity (Wildman–Crippen MR) is 116 cm³/mol. The van der Waals surface area contributed by atoms with Crippen molar-refractivity contribution < 1.29 is 9.59 Å². The van der Waals surface area contributed by atoms with Gasteiger partial charge in [-0.05, 0) is 35.2 Å². The molecule has 31 heavy (non-hydrogen) atoms.